The topological polar surface area (TPSA) is 106 Å². The van der Waals surface area contributed by atoms with E-state index < -0.39 is 0 Å². The van der Waals surface area contributed by atoms with Gasteiger partial charge in [-0.3, -0.25) is 10.1 Å². The molecule has 0 spiro atoms. The number of ether oxygens (including phenoxy) is 4. The Morgan fingerprint density at radius 1 is 0.294 bits per heavy atom. The van der Waals surface area contributed by atoms with Crippen molar-refractivity contribution < 1.29 is 23.9 Å². The lowest BCUT2D eigenvalue weighted by molar-refractivity contribution is -0.384. The minimum atomic E-state index is -0.357. The van der Waals surface area contributed by atoms with Gasteiger partial charge in [0, 0.05) is 22.9 Å². The summed E-state index contributed by atoms with van der Waals surface area (Å²) in [6, 6.07) is 13.4. The van der Waals surface area contributed by atoms with Gasteiger partial charge in [-0.05, 0) is 66.8 Å². The first-order valence-electron chi connectivity index (χ1n) is 36.3. The van der Waals surface area contributed by atoms with Gasteiger partial charge < -0.3 is 18.9 Å². The van der Waals surface area contributed by atoms with Crippen LogP contribution >= 0.6 is 0 Å². The molecule has 9 nitrogen and oxygen atoms in total. The van der Waals surface area contributed by atoms with Crippen LogP contribution in [0.2, 0.25) is 0 Å². The molecule has 0 unspecified atom stereocenters. The number of hydrogen-bond donors (Lipinski definition) is 0. The van der Waals surface area contributed by atoms with E-state index in [0.29, 0.717) is 48.7 Å². The molecule has 0 atom stereocenters. The summed E-state index contributed by atoms with van der Waals surface area (Å²) in [6.45, 7) is 11.6. The first-order valence-corrected chi connectivity index (χ1v) is 36.3. The third-order valence-electron chi connectivity index (χ3n) is 17.8. The van der Waals surface area contributed by atoms with Crippen molar-refractivity contribution in [3.8, 4) is 23.0 Å². The molecule has 0 aliphatic heterocycles. The molecule has 0 N–H and O–H groups in total. The molecule has 5 rings (SSSR count). The molecular weight excluding hydrogens is 1050 g/mol. The minimum Gasteiger partial charge on any atom is -0.490 e. The monoisotopic (exact) mass is 1170 g/mol. The molecule has 0 bridgehead atoms. The van der Waals surface area contributed by atoms with Gasteiger partial charge in [0.25, 0.3) is 5.69 Å². The van der Waals surface area contributed by atoms with Gasteiger partial charge in [0.1, 0.15) is 0 Å². The summed E-state index contributed by atoms with van der Waals surface area (Å²) in [7, 11) is 0. The van der Waals surface area contributed by atoms with Gasteiger partial charge in [-0.25, -0.2) is 9.97 Å². The van der Waals surface area contributed by atoms with Gasteiger partial charge in [0.15, 0.2) is 23.0 Å². The third kappa shape index (κ3) is 29.0. The number of nitrogens with zero attached hydrogens (tertiary/aromatic N) is 3. The molecule has 0 saturated carbocycles. The highest BCUT2D eigenvalue weighted by Crippen LogP contribution is 2.45. The van der Waals surface area contributed by atoms with Gasteiger partial charge >= 0.3 is 0 Å². The lowest BCUT2D eigenvalue weighted by Crippen LogP contribution is -2.04. The zero-order chi connectivity index (χ0) is 60.0. The van der Waals surface area contributed by atoms with Gasteiger partial charge in [0.05, 0.1) is 53.4 Å². The van der Waals surface area contributed by atoms with Crippen LogP contribution in [0.3, 0.4) is 0 Å². The molecule has 9 heteroatoms. The van der Waals surface area contributed by atoms with Crippen molar-refractivity contribution in [2.24, 2.45) is 0 Å². The average molecular weight is 1170 g/mol. The fraction of sp³-hybridized carbons (Fsp3) is 0.737. The first kappa shape index (κ1) is 71.4. The summed E-state index contributed by atoms with van der Waals surface area (Å²) in [4.78, 5) is 22.3. The van der Waals surface area contributed by atoms with E-state index in [9.17, 15) is 10.1 Å². The van der Waals surface area contributed by atoms with Crippen molar-refractivity contribution in [3.63, 3.8) is 0 Å². The van der Waals surface area contributed by atoms with E-state index in [1.165, 1.54) is 263 Å². The highest BCUT2D eigenvalue weighted by atomic mass is 16.6. The van der Waals surface area contributed by atoms with E-state index in [1.54, 1.807) is 12.1 Å². The van der Waals surface area contributed by atoms with Crippen LogP contribution in [-0.2, 0) is 0 Å². The average Bonchev–Trinajstić information content (AvgIpc) is 0.888. The third-order valence-corrected chi connectivity index (χ3v) is 17.8. The Balaban J connectivity index is 1.39. The van der Waals surface area contributed by atoms with Crippen LogP contribution in [-0.4, -0.2) is 41.3 Å². The Kier molecular flexibility index (Phi) is 39.2. The van der Waals surface area contributed by atoms with Crippen molar-refractivity contribution in [2.75, 3.05) is 26.4 Å². The molecule has 478 valence electrons. The number of benzene rings is 4. The predicted octanol–water partition coefficient (Wildman–Crippen LogP) is 25.3. The van der Waals surface area contributed by atoms with Gasteiger partial charge in [-0.15, -0.1) is 0 Å². The summed E-state index contributed by atoms with van der Waals surface area (Å²) < 4.78 is 27.2. The molecular formula is C76H123N3O6. The highest BCUT2D eigenvalue weighted by Gasteiger charge is 2.21. The lowest BCUT2D eigenvalue weighted by Gasteiger charge is -2.19. The molecule has 4 aromatic carbocycles. The summed E-state index contributed by atoms with van der Waals surface area (Å²) in [6.07, 6.45) is 61.9. The first-order chi connectivity index (χ1) is 42.0. The molecule has 5 aromatic rings. The summed E-state index contributed by atoms with van der Waals surface area (Å²) in [5, 5.41) is 15.8. The van der Waals surface area contributed by atoms with Crippen molar-refractivity contribution in [2.45, 2.75) is 336 Å². The number of rotatable bonds is 57. The fourth-order valence-electron chi connectivity index (χ4n) is 12.4. The number of hydrogen-bond acceptors (Lipinski definition) is 8. The fourth-order valence-corrected chi connectivity index (χ4v) is 12.4. The summed E-state index contributed by atoms with van der Waals surface area (Å²) in [5.74, 6) is 2.94. The number of nitro groups is 1. The number of aromatic nitrogens is 2. The SMILES string of the molecule is CCCCCCCCCCCCCCOc1cc2c3cc(OCCCCCCCCCCCCCC)c(OCCCCCCCCCCCCCC)cc3c3nc4cc([N+](=O)[O-])ccc4nc3c2cc1OCCCCCCCCCCCCCC. The van der Waals surface area contributed by atoms with Gasteiger partial charge in [0.2, 0.25) is 0 Å². The Morgan fingerprint density at radius 3 is 0.765 bits per heavy atom. The largest absolute Gasteiger partial charge is 0.490 e. The van der Waals surface area contributed by atoms with Crippen molar-refractivity contribution in [3.05, 3.63) is 52.6 Å². The Hall–Kier alpha value is -4.40. The maximum absolute atomic E-state index is 12.1. The van der Waals surface area contributed by atoms with Gasteiger partial charge in [-0.2, -0.15) is 0 Å². The van der Waals surface area contributed by atoms with Crippen LogP contribution in [0.5, 0.6) is 23.0 Å². The number of fused-ring (bicyclic) bond motifs is 7. The normalized spacial score (nSPS) is 11.7. The van der Waals surface area contributed by atoms with Crippen molar-refractivity contribution >= 4 is 49.3 Å². The van der Waals surface area contributed by atoms with E-state index in [-0.39, 0.29) is 10.6 Å². The second-order valence-corrected chi connectivity index (χ2v) is 25.5. The smallest absolute Gasteiger partial charge is 0.271 e. The molecule has 0 saturated heterocycles. The van der Waals surface area contributed by atoms with E-state index in [4.69, 9.17) is 28.9 Å². The van der Waals surface area contributed by atoms with Crippen LogP contribution < -0.4 is 18.9 Å². The van der Waals surface area contributed by atoms with Crippen molar-refractivity contribution in [1.82, 2.24) is 9.97 Å². The molecule has 85 heavy (non-hydrogen) atoms. The zero-order valence-corrected chi connectivity index (χ0v) is 55.1. The van der Waals surface area contributed by atoms with Crippen LogP contribution in [0.25, 0.3) is 43.6 Å². The van der Waals surface area contributed by atoms with Crippen LogP contribution in [0.15, 0.2) is 42.5 Å². The lowest BCUT2D eigenvalue weighted by atomic mass is 9.97. The molecule has 0 radical (unpaired) electrons. The number of unbranched alkanes of at least 4 members (excludes halogenated alkanes) is 44. The maximum Gasteiger partial charge on any atom is 0.271 e. The Labute approximate surface area is 518 Å². The molecule has 1 aromatic heterocycles. The predicted molar refractivity (Wildman–Crippen MR) is 365 cm³/mol. The molecule has 0 aliphatic rings. The summed E-state index contributed by atoms with van der Waals surface area (Å²) in [5.41, 5.74) is 2.49. The standard InChI is InChI=1S/C76H123N3O6/c1-5-9-13-17-21-25-29-33-37-41-45-49-55-82-71-60-65-66-61-72(83-56-50-46-42-38-34-30-26-22-18-14-10-6-2)74(85-58-52-48-44-40-36-32-28-24-20-16-12-8-4)63-68(66)76-75(77-69-54-53-64(79(80)81)59-70(69)78-76)67(65)62-73(71)84-57-51-47-43-39-35-31-27-23-19-15-11-7-3/h53-54,59-63H,5-52,55-58H2,1-4H3. The number of non-ortho nitro benzene ring substituents is 1. The van der Waals surface area contributed by atoms with E-state index in [0.717, 1.165) is 95.7 Å². The second kappa shape index (κ2) is 46.7. The quantitative estimate of drug-likeness (QED) is 0.0125. The molecule has 1 heterocycles. The molecule has 0 amide bonds. The highest BCUT2D eigenvalue weighted by molar-refractivity contribution is 6.25. The minimum absolute atomic E-state index is 0.00499. The van der Waals surface area contributed by atoms with Crippen molar-refractivity contribution in [1.29, 1.82) is 0 Å². The Bertz CT molecular complexity index is 2510. The van der Waals surface area contributed by atoms with Crippen LogP contribution in [0.4, 0.5) is 5.69 Å². The maximum atomic E-state index is 12.1. The van der Waals surface area contributed by atoms with Crippen LogP contribution in [0.1, 0.15) is 336 Å². The zero-order valence-electron chi connectivity index (χ0n) is 55.1. The van der Waals surface area contributed by atoms with Gasteiger partial charge in [-0.1, -0.05) is 310 Å². The molecule has 0 fully saturated rings. The second-order valence-electron chi connectivity index (χ2n) is 25.5. The van der Waals surface area contributed by atoms with Crippen LogP contribution in [0, 0.1) is 10.1 Å². The molecule has 0 aliphatic carbocycles. The summed E-state index contributed by atoms with van der Waals surface area (Å²) >= 11 is 0. The van der Waals surface area contributed by atoms with E-state index in [2.05, 4.69) is 52.0 Å². The number of nitro benzene ring substituents is 1. The van der Waals surface area contributed by atoms with E-state index >= 15 is 0 Å². The van der Waals surface area contributed by atoms with E-state index in [1.807, 2.05) is 0 Å². The Morgan fingerprint density at radius 2 is 0.518 bits per heavy atom.